The monoisotopic (exact) mass is 678 g/mol. The second-order valence-electron chi connectivity index (χ2n) is 12.9. The standard InChI is InChI=1S/C36H41F3N6O4/c1-3-24-21-45(33(48)16-23-6-7-25(29(15-23)36(37,38)39)20-44-12-10-43(2)11-13-44)22-26-17-27(19-41-34(24)26)49-32-8-9-40-35-28(32)18-30(42-35)31(47)5-4-14-46/h6-9,15,17-19,24,46H,3-5,10-14,16,20-22H2,1-2H3,(H,40,42)/t24-/m0/s1. The summed E-state index contributed by atoms with van der Waals surface area (Å²) >= 11 is 0. The number of aliphatic hydroxyl groups excluding tert-OH is 1. The van der Waals surface area contributed by atoms with E-state index in [1.807, 2.05) is 24.9 Å². The van der Waals surface area contributed by atoms with Crippen molar-refractivity contribution in [3.63, 3.8) is 0 Å². The van der Waals surface area contributed by atoms with Gasteiger partial charge in [-0.2, -0.15) is 13.2 Å². The maximum Gasteiger partial charge on any atom is 0.416 e. The minimum atomic E-state index is -4.53. The molecule has 5 heterocycles. The molecule has 0 unspecified atom stereocenters. The van der Waals surface area contributed by atoms with Gasteiger partial charge in [0.2, 0.25) is 5.91 Å². The van der Waals surface area contributed by atoms with Crippen molar-refractivity contribution >= 4 is 22.7 Å². The fourth-order valence-corrected chi connectivity index (χ4v) is 6.60. The van der Waals surface area contributed by atoms with Crippen LogP contribution < -0.4 is 4.74 Å². The Morgan fingerprint density at radius 3 is 2.61 bits per heavy atom. The average molecular weight is 679 g/mol. The largest absolute Gasteiger partial charge is 0.455 e. The van der Waals surface area contributed by atoms with Gasteiger partial charge in [0.1, 0.15) is 17.1 Å². The number of nitrogens with zero attached hydrogens (tertiary/aromatic N) is 5. The highest BCUT2D eigenvalue weighted by Crippen LogP contribution is 2.36. The molecule has 3 aromatic heterocycles. The van der Waals surface area contributed by atoms with Crippen LogP contribution in [-0.2, 0) is 30.5 Å². The molecule has 1 saturated heterocycles. The van der Waals surface area contributed by atoms with Gasteiger partial charge in [-0.15, -0.1) is 0 Å². The minimum Gasteiger partial charge on any atom is -0.455 e. The fraction of sp³-hybridized carbons (Fsp3) is 0.444. The van der Waals surface area contributed by atoms with Gasteiger partial charge < -0.3 is 24.6 Å². The van der Waals surface area contributed by atoms with E-state index in [2.05, 4.69) is 14.9 Å². The first-order chi connectivity index (χ1) is 23.5. The molecule has 0 aliphatic carbocycles. The van der Waals surface area contributed by atoms with Gasteiger partial charge >= 0.3 is 6.18 Å². The number of aromatic nitrogens is 3. The van der Waals surface area contributed by atoms with Crippen molar-refractivity contribution in [3.05, 3.63) is 82.4 Å². The second kappa shape index (κ2) is 14.7. The molecule has 1 amide bonds. The Bertz CT molecular complexity index is 1820. The number of alkyl halides is 3. The van der Waals surface area contributed by atoms with Gasteiger partial charge in [0.25, 0.3) is 0 Å². The number of ether oxygens (including phenoxy) is 1. The van der Waals surface area contributed by atoms with Crippen LogP contribution in [0.3, 0.4) is 0 Å². The summed E-state index contributed by atoms with van der Waals surface area (Å²) in [7, 11) is 2.00. The van der Waals surface area contributed by atoms with Crippen LogP contribution >= 0.6 is 0 Å². The van der Waals surface area contributed by atoms with Gasteiger partial charge in [0.15, 0.2) is 5.78 Å². The molecule has 1 fully saturated rings. The second-order valence-corrected chi connectivity index (χ2v) is 12.9. The molecule has 2 aliphatic heterocycles. The highest BCUT2D eigenvalue weighted by Gasteiger charge is 2.35. The average Bonchev–Trinajstić information content (AvgIpc) is 3.53. The lowest BCUT2D eigenvalue weighted by atomic mass is 9.92. The van der Waals surface area contributed by atoms with E-state index in [1.165, 1.54) is 6.07 Å². The molecule has 260 valence electrons. The third-order valence-electron chi connectivity index (χ3n) is 9.42. The molecule has 4 aromatic rings. The van der Waals surface area contributed by atoms with Gasteiger partial charge in [0, 0.05) is 71.0 Å². The number of pyridine rings is 2. The van der Waals surface area contributed by atoms with Gasteiger partial charge in [-0.1, -0.05) is 19.1 Å². The summed E-state index contributed by atoms with van der Waals surface area (Å²) in [6.07, 6.45) is -0.181. The number of carbonyl (C=O) groups excluding carboxylic acids is 2. The van der Waals surface area contributed by atoms with E-state index in [0.29, 0.717) is 59.8 Å². The lowest BCUT2D eigenvalue weighted by Crippen LogP contribution is -2.44. The number of likely N-dealkylation sites (N-methyl/N-ethyl adjacent to an activating group) is 1. The van der Waals surface area contributed by atoms with Crippen molar-refractivity contribution in [1.82, 2.24) is 29.7 Å². The minimum absolute atomic E-state index is 0.0387. The Labute approximate surface area is 282 Å². The Hall–Kier alpha value is -4.33. The lowest BCUT2D eigenvalue weighted by Gasteiger charge is -2.34. The Morgan fingerprint density at radius 1 is 1.08 bits per heavy atom. The number of Topliss-reactive ketones (excluding diaryl/α,β-unsaturated/α-hetero) is 1. The topological polar surface area (TPSA) is 115 Å². The number of aliphatic hydroxyl groups is 1. The fourth-order valence-electron chi connectivity index (χ4n) is 6.60. The number of fused-ring (bicyclic) bond motifs is 2. The van der Waals surface area contributed by atoms with Gasteiger partial charge in [-0.25, -0.2) is 4.98 Å². The van der Waals surface area contributed by atoms with Crippen molar-refractivity contribution in [2.45, 2.75) is 57.8 Å². The summed E-state index contributed by atoms with van der Waals surface area (Å²) in [5.41, 5.74) is 2.40. The van der Waals surface area contributed by atoms with Crippen LogP contribution in [-0.4, -0.2) is 92.8 Å². The highest BCUT2D eigenvalue weighted by molar-refractivity contribution is 6.00. The molecule has 0 saturated carbocycles. The third-order valence-corrected chi connectivity index (χ3v) is 9.42. The van der Waals surface area contributed by atoms with E-state index in [0.717, 1.165) is 36.8 Å². The number of hydrogen-bond acceptors (Lipinski definition) is 8. The number of aromatic amines is 1. The summed E-state index contributed by atoms with van der Waals surface area (Å²) in [6, 6.07) is 9.50. The number of piperazine rings is 1. The smallest absolute Gasteiger partial charge is 0.416 e. The Morgan fingerprint density at radius 2 is 1.88 bits per heavy atom. The predicted molar refractivity (Wildman–Crippen MR) is 177 cm³/mol. The maximum absolute atomic E-state index is 14.2. The number of hydrogen-bond donors (Lipinski definition) is 2. The van der Waals surface area contributed by atoms with Crippen LogP contribution in [0.5, 0.6) is 11.5 Å². The van der Waals surface area contributed by atoms with E-state index >= 15 is 0 Å². The van der Waals surface area contributed by atoms with Crippen LogP contribution in [0.2, 0.25) is 0 Å². The molecular formula is C36H41F3N6O4. The number of halogens is 3. The van der Waals surface area contributed by atoms with Gasteiger partial charge in [0.05, 0.1) is 35.0 Å². The lowest BCUT2D eigenvalue weighted by molar-refractivity contribution is -0.139. The molecule has 2 aliphatic rings. The van der Waals surface area contributed by atoms with Crippen LogP contribution in [0.4, 0.5) is 13.2 Å². The van der Waals surface area contributed by atoms with E-state index in [9.17, 15) is 22.8 Å². The molecule has 6 rings (SSSR count). The van der Waals surface area contributed by atoms with E-state index < -0.39 is 11.7 Å². The van der Waals surface area contributed by atoms with E-state index in [-0.39, 0.29) is 55.7 Å². The molecule has 49 heavy (non-hydrogen) atoms. The number of H-pyrrole nitrogens is 1. The molecule has 2 N–H and O–H groups in total. The summed E-state index contributed by atoms with van der Waals surface area (Å²) in [5, 5.41) is 9.69. The number of benzene rings is 1. The molecule has 13 heteroatoms. The normalized spacial score (nSPS) is 17.3. The zero-order valence-electron chi connectivity index (χ0n) is 27.7. The van der Waals surface area contributed by atoms with Crippen LogP contribution in [0.25, 0.3) is 11.0 Å². The Kier molecular flexibility index (Phi) is 10.3. The van der Waals surface area contributed by atoms with Gasteiger partial charge in [-0.3, -0.25) is 19.5 Å². The predicted octanol–water partition coefficient (Wildman–Crippen LogP) is 5.55. The van der Waals surface area contributed by atoms with E-state index in [1.54, 1.807) is 35.5 Å². The first-order valence-electron chi connectivity index (χ1n) is 16.7. The maximum atomic E-state index is 14.2. The SMILES string of the molecule is CC[C@H]1CN(C(=O)Cc2ccc(CN3CCN(C)CC3)c(C(F)(F)F)c2)Cc2cc(Oc3ccnc4[nH]c(C(=O)CCCO)cc34)cnc21. The molecule has 10 nitrogen and oxygen atoms in total. The van der Waals surface area contributed by atoms with Crippen molar-refractivity contribution in [2.75, 3.05) is 46.4 Å². The summed E-state index contributed by atoms with van der Waals surface area (Å²) < 4.78 is 48.8. The van der Waals surface area contributed by atoms with Crippen molar-refractivity contribution in [2.24, 2.45) is 0 Å². The van der Waals surface area contributed by atoms with Crippen molar-refractivity contribution in [3.8, 4) is 11.5 Å². The van der Waals surface area contributed by atoms with Crippen LogP contribution in [0, 0.1) is 0 Å². The molecular weight excluding hydrogens is 637 g/mol. The molecule has 1 aromatic carbocycles. The zero-order valence-corrected chi connectivity index (χ0v) is 27.7. The van der Waals surface area contributed by atoms with Crippen LogP contribution in [0.15, 0.2) is 48.8 Å². The zero-order chi connectivity index (χ0) is 34.7. The Balaban J connectivity index is 1.18. The van der Waals surface area contributed by atoms with Gasteiger partial charge in [-0.05, 0) is 60.8 Å². The first kappa shape index (κ1) is 34.5. The number of carbonyl (C=O) groups is 2. The number of amides is 1. The highest BCUT2D eigenvalue weighted by atomic mass is 19.4. The third kappa shape index (κ3) is 7.95. The van der Waals surface area contributed by atoms with Crippen LogP contribution in [0.1, 0.15) is 70.5 Å². The number of nitrogens with one attached hydrogen (secondary N) is 1. The molecule has 0 radical (unpaired) electrons. The first-order valence-corrected chi connectivity index (χ1v) is 16.7. The number of ketones is 1. The van der Waals surface area contributed by atoms with Crippen molar-refractivity contribution < 1.29 is 32.6 Å². The number of rotatable bonds is 11. The summed E-state index contributed by atoms with van der Waals surface area (Å²) in [4.78, 5) is 44.0. The molecule has 1 atom stereocenters. The molecule has 0 bridgehead atoms. The summed E-state index contributed by atoms with van der Waals surface area (Å²) in [6.45, 7) is 5.87. The molecule has 0 spiro atoms. The van der Waals surface area contributed by atoms with Crippen molar-refractivity contribution in [1.29, 1.82) is 0 Å². The van der Waals surface area contributed by atoms with E-state index in [4.69, 9.17) is 14.8 Å². The summed E-state index contributed by atoms with van der Waals surface area (Å²) in [5.74, 6) is 0.479. The quantitative estimate of drug-likeness (QED) is 0.199.